The van der Waals surface area contributed by atoms with Crippen molar-refractivity contribution in [2.75, 3.05) is 19.6 Å². The lowest BCUT2D eigenvalue weighted by Gasteiger charge is -2.30. The molecular formula is C18H21N3O3. The molecule has 1 aliphatic rings. The van der Waals surface area contributed by atoms with Gasteiger partial charge in [-0.1, -0.05) is 24.3 Å². The van der Waals surface area contributed by atoms with Crippen molar-refractivity contribution >= 4 is 22.9 Å². The van der Waals surface area contributed by atoms with Crippen LogP contribution in [0.2, 0.25) is 0 Å². The lowest BCUT2D eigenvalue weighted by atomic mass is 9.97. The van der Waals surface area contributed by atoms with Crippen molar-refractivity contribution in [1.29, 1.82) is 0 Å². The summed E-state index contributed by atoms with van der Waals surface area (Å²) in [6.45, 7) is 1.53. The maximum absolute atomic E-state index is 12.2. The van der Waals surface area contributed by atoms with Crippen LogP contribution in [0.5, 0.6) is 0 Å². The van der Waals surface area contributed by atoms with E-state index >= 15 is 0 Å². The fraction of sp³-hybridized carbons (Fsp3) is 0.389. The van der Waals surface area contributed by atoms with Gasteiger partial charge in [-0.3, -0.25) is 9.78 Å². The van der Waals surface area contributed by atoms with Gasteiger partial charge in [-0.15, -0.1) is 0 Å². The number of hydrogen-bond acceptors (Lipinski definition) is 3. The molecule has 2 amide bonds. The Hall–Kier alpha value is -2.63. The number of carbonyl (C=O) groups excluding carboxylic acids is 1. The third-order valence-electron chi connectivity index (χ3n) is 4.52. The van der Waals surface area contributed by atoms with Crippen molar-refractivity contribution in [2.24, 2.45) is 5.92 Å². The van der Waals surface area contributed by atoms with E-state index in [0.29, 0.717) is 38.9 Å². The van der Waals surface area contributed by atoms with Gasteiger partial charge in [0, 0.05) is 31.2 Å². The maximum Gasteiger partial charge on any atom is 0.317 e. The van der Waals surface area contributed by atoms with E-state index < -0.39 is 5.97 Å². The highest BCUT2D eigenvalue weighted by atomic mass is 16.4. The van der Waals surface area contributed by atoms with E-state index in [1.165, 1.54) is 0 Å². The number of urea groups is 1. The molecule has 1 saturated heterocycles. The minimum absolute atomic E-state index is 0.118. The number of carboxylic acids is 1. The first-order valence-corrected chi connectivity index (χ1v) is 8.23. The van der Waals surface area contributed by atoms with Crippen molar-refractivity contribution < 1.29 is 14.7 Å². The van der Waals surface area contributed by atoms with E-state index in [1.54, 1.807) is 11.1 Å². The van der Waals surface area contributed by atoms with Crippen molar-refractivity contribution in [1.82, 2.24) is 15.2 Å². The summed E-state index contributed by atoms with van der Waals surface area (Å²) in [5, 5.41) is 13.0. The topological polar surface area (TPSA) is 82.5 Å². The Labute approximate surface area is 140 Å². The number of rotatable bonds is 4. The average molecular weight is 327 g/mol. The fourth-order valence-corrected chi connectivity index (χ4v) is 3.11. The van der Waals surface area contributed by atoms with Crippen LogP contribution in [0.1, 0.15) is 18.4 Å². The number of nitrogens with zero attached hydrogens (tertiary/aromatic N) is 2. The van der Waals surface area contributed by atoms with Crippen LogP contribution in [0.25, 0.3) is 10.9 Å². The van der Waals surface area contributed by atoms with Crippen LogP contribution < -0.4 is 5.32 Å². The summed E-state index contributed by atoms with van der Waals surface area (Å²) in [7, 11) is 0. The number of piperidine rings is 1. The van der Waals surface area contributed by atoms with E-state index in [9.17, 15) is 9.59 Å². The highest BCUT2D eigenvalue weighted by Gasteiger charge is 2.26. The number of amides is 2. The van der Waals surface area contributed by atoms with Gasteiger partial charge in [-0.25, -0.2) is 4.79 Å². The van der Waals surface area contributed by atoms with Crippen LogP contribution >= 0.6 is 0 Å². The number of likely N-dealkylation sites (tertiary alicyclic amines) is 1. The van der Waals surface area contributed by atoms with Crippen molar-refractivity contribution in [3.63, 3.8) is 0 Å². The minimum Gasteiger partial charge on any atom is -0.481 e. The Balaban J connectivity index is 1.51. The van der Waals surface area contributed by atoms with Gasteiger partial charge in [-0.05, 0) is 30.9 Å². The summed E-state index contributed by atoms with van der Waals surface area (Å²) in [4.78, 5) is 29.2. The molecule has 0 radical (unpaired) electrons. The second-order valence-corrected chi connectivity index (χ2v) is 6.07. The lowest BCUT2D eigenvalue weighted by molar-refractivity contribution is -0.143. The molecule has 3 rings (SSSR count). The molecule has 126 valence electrons. The first-order chi connectivity index (χ1) is 11.6. The fourth-order valence-electron chi connectivity index (χ4n) is 3.11. The third-order valence-corrected chi connectivity index (χ3v) is 4.52. The number of aromatic nitrogens is 1. The van der Waals surface area contributed by atoms with Crippen LogP contribution in [0.3, 0.4) is 0 Å². The molecule has 2 heterocycles. The highest BCUT2D eigenvalue weighted by molar-refractivity contribution is 5.81. The molecule has 0 bridgehead atoms. The van der Waals surface area contributed by atoms with Crippen LogP contribution in [-0.2, 0) is 11.2 Å². The zero-order valence-corrected chi connectivity index (χ0v) is 13.4. The molecule has 6 heteroatoms. The van der Waals surface area contributed by atoms with Crippen LogP contribution in [-0.4, -0.2) is 46.6 Å². The largest absolute Gasteiger partial charge is 0.481 e. The lowest BCUT2D eigenvalue weighted by Crippen LogP contribution is -2.45. The smallest absolute Gasteiger partial charge is 0.317 e. The van der Waals surface area contributed by atoms with Crippen molar-refractivity contribution in [3.8, 4) is 0 Å². The second-order valence-electron chi connectivity index (χ2n) is 6.07. The molecule has 2 N–H and O–H groups in total. The Morgan fingerprint density at radius 2 is 1.96 bits per heavy atom. The van der Waals surface area contributed by atoms with Gasteiger partial charge in [-0.2, -0.15) is 0 Å². The number of carboxylic acid groups (broad SMARTS) is 1. The minimum atomic E-state index is -0.765. The summed E-state index contributed by atoms with van der Waals surface area (Å²) >= 11 is 0. The molecule has 0 aliphatic carbocycles. The molecule has 1 aliphatic heterocycles. The van der Waals surface area contributed by atoms with Gasteiger partial charge in [0.05, 0.1) is 11.4 Å². The quantitative estimate of drug-likeness (QED) is 0.902. The third kappa shape index (κ3) is 3.64. The van der Waals surface area contributed by atoms with Gasteiger partial charge >= 0.3 is 12.0 Å². The zero-order chi connectivity index (χ0) is 16.9. The number of benzene rings is 1. The van der Waals surface area contributed by atoms with E-state index in [0.717, 1.165) is 16.5 Å². The van der Waals surface area contributed by atoms with E-state index in [2.05, 4.69) is 10.3 Å². The highest BCUT2D eigenvalue weighted by Crippen LogP contribution is 2.18. The molecule has 0 saturated carbocycles. The van der Waals surface area contributed by atoms with Gasteiger partial charge in [0.25, 0.3) is 0 Å². The van der Waals surface area contributed by atoms with Gasteiger partial charge < -0.3 is 15.3 Å². The molecule has 2 aromatic rings. The number of nitrogens with one attached hydrogen (secondary N) is 1. The van der Waals surface area contributed by atoms with Crippen molar-refractivity contribution in [2.45, 2.75) is 19.3 Å². The summed E-state index contributed by atoms with van der Waals surface area (Å²) in [6.07, 6.45) is 3.54. The van der Waals surface area contributed by atoms with Crippen LogP contribution in [0, 0.1) is 5.92 Å². The Bertz CT molecular complexity index is 734. The first kappa shape index (κ1) is 16.2. The first-order valence-electron chi connectivity index (χ1n) is 8.23. The van der Waals surface area contributed by atoms with Gasteiger partial charge in [0.1, 0.15) is 0 Å². The van der Waals surface area contributed by atoms with Crippen molar-refractivity contribution in [3.05, 3.63) is 42.1 Å². The predicted molar refractivity (Wildman–Crippen MR) is 90.8 cm³/mol. The summed E-state index contributed by atoms with van der Waals surface area (Å²) in [5.74, 6) is -1.09. The summed E-state index contributed by atoms with van der Waals surface area (Å²) in [5.41, 5.74) is 2.08. The molecule has 6 nitrogen and oxygen atoms in total. The average Bonchev–Trinajstić information content (AvgIpc) is 2.62. The molecule has 1 aromatic carbocycles. The molecule has 1 aromatic heterocycles. The maximum atomic E-state index is 12.2. The Morgan fingerprint density at radius 1 is 1.21 bits per heavy atom. The standard InChI is InChI=1S/C18H21N3O3/c22-17(23)15-7-11-21(12-8-15)18(24)20-10-6-14-4-1-3-13-5-2-9-19-16(13)14/h1-5,9,15H,6-8,10-12H2,(H,20,24)(H,22,23). The van der Waals surface area contributed by atoms with E-state index in [-0.39, 0.29) is 11.9 Å². The Morgan fingerprint density at radius 3 is 2.71 bits per heavy atom. The SMILES string of the molecule is O=C(O)C1CCN(C(=O)NCCc2cccc3cccnc23)CC1. The van der Waals surface area contributed by atoms with Crippen LogP contribution in [0.15, 0.2) is 36.5 Å². The molecule has 0 atom stereocenters. The molecule has 0 unspecified atom stereocenters. The summed E-state index contributed by atoms with van der Waals surface area (Å²) in [6, 6.07) is 9.87. The van der Waals surface area contributed by atoms with E-state index in [1.807, 2.05) is 30.3 Å². The number of pyridine rings is 1. The number of aliphatic carboxylic acids is 1. The van der Waals surface area contributed by atoms with Gasteiger partial charge in [0.15, 0.2) is 0 Å². The number of carbonyl (C=O) groups is 2. The van der Waals surface area contributed by atoms with Gasteiger partial charge in [0.2, 0.25) is 0 Å². The molecule has 0 spiro atoms. The van der Waals surface area contributed by atoms with Crippen LogP contribution in [0.4, 0.5) is 4.79 Å². The molecule has 24 heavy (non-hydrogen) atoms. The monoisotopic (exact) mass is 327 g/mol. The zero-order valence-electron chi connectivity index (χ0n) is 13.4. The summed E-state index contributed by atoms with van der Waals surface area (Å²) < 4.78 is 0. The van der Waals surface area contributed by atoms with E-state index in [4.69, 9.17) is 5.11 Å². The predicted octanol–water partition coefficient (Wildman–Crippen LogP) is 2.28. The Kier molecular flexibility index (Phi) is 4.93. The molecular weight excluding hydrogens is 306 g/mol. The molecule has 1 fully saturated rings. The number of para-hydroxylation sites is 1. The number of fused-ring (bicyclic) bond motifs is 1. The number of hydrogen-bond donors (Lipinski definition) is 2. The normalized spacial score (nSPS) is 15.4. The second kappa shape index (κ2) is 7.29.